The Hall–Kier alpha value is -1.75. The number of hydrogen-bond donors (Lipinski definition) is 2. The van der Waals surface area contributed by atoms with E-state index in [1.807, 2.05) is 0 Å². The van der Waals surface area contributed by atoms with E-state index in [1.54, 1.807) is 0 Å². The maximum Gasteiger partial charge on any atom is 0.303 e. The molecule has 140 valence electrons. The smallest absolute Gasteiger partial charge is 0.303 e. The van der Waals surface area contributed by atoms with E-state index >= 15 is 0 Å². The molecule has 0 rings (SSSR count). The van der Waals surface area contributed by atoms with Gasteiger partial charge in [-0.05, 0) is 0 Å². The fourth-order valence-corrected chi connectivity index (χ4v) is 1.85. The van der Waals surface area contributed by atoms with Gasteiger partial charge in [0.25, 0.3) is 0 Å². The molecule has 0 radical (unpaired) electrons. The zero-order valence-corrected chi connectivity index (χ0v) is 13.9. The van der Waals surface area contributed by atoms with Crippen molar-refractivity contribution in [1.82, 2.24) is 0 Å². The Bertz CT molecular complexity index is 475. The second-order valence-corrected chi connectivity index (χ2v) is 4.95. The largest absolute Gasteiger partial charge is 0.461 e. The molecule has 10 heteroatoms. The summed E-state index contributed by atoms with van der Waals surface area (Å²) in [7, 11) is -1.13. The quantitative estimate of drug-likeness (QED) is 0.277. The Kier molecular flexibility index (Phi) is 7.89. The second kappa shape index (κ2) is 10.2. The fourth-order valence-electron chi connectivity index (χ4n) is 1.85. The molecule has 0 aromatic heterocycles. The summed E-state index contributed by atoms with van der Waals surface area (Å²) in [6.07, 6.45) is -4.37. The van der Waals surface area contributed by atoms with Crippen molar-refractivity contribution in [3.63, 3.8) is 0 Å². The molecule has 0 aliphatic carbocycles. The molecule has 0 bridgehead atoms. The number of hydrogen-bond acceptors (Lipinski definition) is 10. The van der Waals surface area contributed by atoms with E-state index in [0.29, 0.717) is 0 Å². The monoisotopic (exact) mass is 353 g/mol. The Morgan fingerprint density at radius 3 is 2.21 bits per heavy atom. The number of carbonyl (C=O) groups is 3. The number of aliphatic hydroxyl groups is 1. The van der Waals surface area contributed by atoms with E-state index < -0.39 is 62.7 Å². The second-order valence-electron chi connectivity index (χ2n) is 4.95. The molecule has 10 nitrogen and oxygen atoms in total. The van der Waals surface area contributed by atoms with Gasteiger partial charge in [0, 0.05) is 34.9 Å². The standard InChI is InChI=1S/C14H25NO9/c1-8(16)22-7-14(15,19)13(24-10(3)18)12(21-5)11(6-20-4)23-9(2)17/h11-13,19H,6-7,15H2,1-5H3/t11-,12-,13+,14+/m1/s1/i4D,5D. The van der Waals surface area contributed by atoms with Crippen LogP contribution in [0.3, 0.4) is 0 Å². The third kappa shape index (κ3) is 7.68. The number of methoxy groups -OCH3 is 2. The minimum Gasteiger partial charge on any atom is -0.461 e. The Balaban J connectivity index is 5.73. The van der Waals surface area contributed by atoms with E-state index in [0.717, 1.165) is 20.8 Å². The topological polar surface area (TPSA) is 144 Å². The van der Waals surface area contributed by atoms with Crippen LogP contribution in [0.2, 0.25) is 0 Å². The van der Waals surface area contributed by atoms with Gasteiger partial charge in [-0.15, -0.1) is 0 Å². The predicted molar refractivity (Wildman–Crippen MR) is 79.6 cm³/mol. The van der Waals surface area contributed by atoms with Crippen molar-refractivity contribution in [2.24, 2.45) is 5.73 Å². The Morgan fingerprint density at radius 2 is 1.75 bits per heavy atom. The molecule has 0 aromatic carbocycles. The lowest BCUT2D eigenvalue weighted by Gasteiger charge is -2.38. The van der Waals surface area contributed by atoms with E-state index in [4.69, 9.17) is 27.4 Å². The van der Waals surface area contributed by atoms with Crippen molar-refractivity contribution in [2.75, 3.05) is 27.4 Å². The molecule has 0 saturated heterocycles. The first-order valence-corrected chi connectivity index (χ1v) is 6.82. The zero-order chi connectivity index (χ0) is 20.3. The molecule has 0 aromatic rings. The molecule has 0 spiro atoms. The Morgan fingerprint density at radius 1 is 1.12 bits per heavy atom. The summed E-state index contributed by atoms with van der Waals surface area (Å²) in [5, 5.41) is 10.4. The molecular weight excluding hydrogens is 326 g/mol. The average Bonchev–Trinajstić information content (AvgIpc) is 2.52. The molecular formula is C14H25NO9. The number of carbonyl (C=O) groups excluding carboxylic acids is 3. The van der Waals surface area contributed by atoms with Crippen LogP contribution in [0, 0.1) is 0 Å². The summed E-state index contributed by atoms with van der Waals surface area (Å²) < 4.78 is 39.0. The fraction of sp³-hybridized carbons (Fsp3) is 0.786. The normalized spacial score (nSPS) is 18.2. The van der Waals surface area contributed by atoms with Crippen LogP contribution in [0.5, 0.6) is 0 Å². The van der Waals surface area contributed by atoms with Crippen molar-refractivity contribution in [1.29, 1.82) is 0 Å². The molecule has 3 N–H and O–H groups in total. The molecule has 0 heterocycles. The lowest BCUT2D eigenvalue weighted by Crippen LogP contribution is -2.64. The first kappa shape index (κ1) is 18.6. The van der Waals surface area contributed by atoms with Gasteiger partial charge in [0.2, 0.25) is 0 Å². The minimum absolute atomic E-state index is 0.352. The highest BCUT2D eigenvalue weighted by Gasteiger charge is 2.47. The highest BCUT2D eigenvalue weighted by Crippen LogP contribution is 2.21. The number of ether oxygens (including phenoxy) is 5. The highest BCUT2D eigenvalue weighted by molar-refractivity contribution is 5.67. The SMILES string of the molecule is [2H]COC[C@@H](OC(C)=O)[C@@H](OC[2H])[C@H](OC(C)=O)[C@@](N)(O)COC(C)=O. The summed E-state index contributed by atoms with van der Waals surface area (Å²) in [6, 6.07) is 0. The molecule has 0 amide bonds. The Labute approximate surface area is 142 Å². The van der Waals surface area contributed by atoms with Crippen molar-refractivity contribution in [3.05, 3.63) is 0 Å². The lowest BCUT2D eigenvalue weighted by atomic mass is 9.98. The number of rotatable bonds is 10. The summed E-state index contributed by atoms with van der Waals surface area (Å²) in [5.41, 5.74) is 3.31. The van der Waals surface area contributed by atoms with Gasteiger partial charge in [-0.25, -0.2) is 0 Å². The van der Waals surface area contributed by atoms with Crippen LogP contribution < -0.4 is 5.73 Å². The number of esters is 3. The van der Waals surface area contributed by atoms with Gasteiger partial charge in [-0.2, -0.15) is 0 Å². The van der Waals surface area contributed by atoms with Crippen molar-refractivity contribution in [2.45, 2.75) is 44.8 Å². The van der Waals surface area contributed by atoms with Crippen LogP contribution in [0.25, 0.3) is 0 Å². The zero-order valence-electron chi connectivity index (χ0n) is 15.9. The predicted octanol–water partition coefficient (Wildman–Crippen LogP) is -1.28. The molecule has 0 aliphatic rings. The maximum absolute atomic E-state index is 11.4. The molecule has 0 unspecified atom stereocenters. The van der Waals surface area contributed by atoms with Gasteiger partial charge in [-0.1, -0.05) is 0 Å². The summed E-state index contributed by atoms with van der Waals surface area (Å²) in [6.45, 7) is 2.10. The van der Waals surface area contributed by atoms with Crippen molar-refractivity contribution >= 4 is 17.9 Å². The first-order chi connectivity index (χ1) is 12.0. The van der Waals surface area contributed by atoms with Crippen LogP contribution in [0.1, 0.15) is 23.5 Å². The van der Waals surface area contributed by atoms with Gasteiger partial charge < -0.3 is 28.8 Å². The minimum atomic E-state index is -2.42. The summed E-state index contributed by atoms with van der Waals surface area (Å²) in [5.74, 6) is -2.35. The lowest BCUT2D eigenvalue weighted by molar-refractivity contribution is -0.213. The van der Waals surface area contributed by atoms with Crippen LogP contribution in [-0.2, 0) is 38.1 Å². The van der Waals surface area contributed by atoms with E-state index in [-0.39, 0.29) is 6.61 Å². The average molecular weight is 353 g/mol. The van der Waals surface area contributed by atoms with Gasteiger partial charge in [0.1, 0.15) is 12.7 Å². The van der Waals surface area contributed by atoms with E-state index in [2.05, 4.69) is 4.74 Å². The van der Waals surface area contributed by atoms with Gasteiger partial charge in [0.05, 0.1) is 9.35 Å². The van der Waals surface area contributed by atoms with Crippen molar-refractivity contribution in [3.8, 4) is 0 Å². The van der Waals surface area contributed by atoms with Gasteiger partial charge >= 0.3 is 17.9 Å². The van der Waals surface area contributed by atoms with Crippen LogP contribution in [0.4, 0.5) is 0 Å². The molecule has 4 atom stereocenters. The third-order valence-corrected chi connectivity index (χ3v) is 2.75. The van der Waals surface area contributed by atoms with Gasteiger partial charge in [0.15, 0.2) is 17.9 Å². The van der Waals surface area contributed by atoms with E-state index in [1.165, 1.54) is 0 Å². The van der Waals surface area contributed by atoms with Crippen LogP contribution >= 0.6 is 0 Å². The first-order valence-electron chi connectivity index (χ1n) is 8.23. The van der Waals surface area contributed by atoms with Gasteiger partial charge in [-0.3, -0.25) is 20.1 Å². The molecule has 0 aliphatic heterocycles. The molecule has 0 saturated carbocycles. The van der Waals surface area contributed by atoms with E-state index in [9.17, 15) is 19.5 Å². The molecule has 0 fully saturated rings. The molecule has 24 heavy (non-hydrogen) atoms. The maximum atomic E-state index is 11.4. The highest BCUT2D eigenvalue weighted by atomic mass is 16.6. The third-order valence-electron chi connectivity index (χ3n) is 2.75. The van der Waals surface area contributed by atoms with Crippen LogP contribution in [-0.4, -0.2) is 74.4 Å². The number of nitrogens with two attached hydrogens (primary N) is 1. The summed E-state index contributed by atoms with van der Waals surface area (Å²) >= 11 is 0. The summed E-state index contributed by atoms with van der Waals surface area (Å²) in [4.78, 5) is 33.8. The van der Waals surface area contributed by atoms with Crippen molar-refractivity contribution < 1.29 is 45.9 Å². The van der Waals surface area contributed by atoms with Crippen LogP contribution in [0.15, 0.2) is 0 Å².